The van der Waals surface area contributed by atoms with Crippen molar-refractivity contribution < 1.29 is 13.0 Å². The highest BCUT2D eigenvalue weighted by atomic mass is 127. The molecule has 0 spiro atoms. The molecule has 0 aliphatic rings. The Kier molecular flexibility index (Phi) is 5.15. The van der Waals surface area contributed by atoms with Crippen molar-refractivity contribution in [2.45, 2.75) is 6.42 Å². The summed E-state index contributed by atoms with van der Waals surface area (Å²) in [4.78, 5) is 11.2. The van der Waals surface area contributed by atoms with Gasteiger partial charge in [0.15, 0.2) is 21.2 Å². The molecule has 1 N–H and O–H groups in total. The third-order valence-electron chi connectivity index (χ3n) is 3.76. The zero-order valence-corrected chi connectivity index (χ0v) is 14.9. The minimum Gasteiger partial charge on any atom is -0.481 e. The Morgan fingerprint density at radius 1 is 0.833 bits per heavy atom. The van der Waals surface area contributed by atoms with Gasteiger partial charge in [-0.25, -0.2) is 0 Å². The van der Waals surface area contributed by atoms with Gasteiger partial charge in [-0.05, 0) is 39.9 Å². The van der Waals surface area contributed by atoms with Crippen molar-refractivity contribution in [2.75, 3.05) is 0 Å². The van der Waals surface area contributed by atoms with E-state index >= 15 is 0 Å². The summed E-state index contributed by atoms with van der Waals surface area (Å²) < 4.78 is 12.6. The second-order valence-electron chi connectivity index (χ2n) is 5.38. The molecule has 0 bridgehead atoms. The van der Waals surface area contributed by atoms with E-state index in [1.54, 1.807) is 0 Å². The standard InChI is InChI=1S/C20H15IO3/c22-19(23)13-17-11-16(14-7-3-1-4-8-14)12-18(20(17)21-24)15-9-5-2-6-10-15/h1-12H,13H2,(H,22,23). The van der Waals surface area contributed by atoms with Crippen molar-refractivity contribution in [3.05, 3.63) is 81.9 Å². The average molecular weight is 430 g/mol. The Bertz CT molecular complexity index is 874. The zero-order valence-electron chi connectivity index (χ0n) is 12.8. The van der Waals surface area contributed by atoms with Gasteiger partial charge in [-0.1, -0.05) is 60.7 Å². The molecular weight excluding hydrogens is 415 g/mol. The Labute approximate surface area is 150 Å². The smallest absolute Gasteiger partial charge is 0.307 e. The van der Waals surface area contributed by atoms with Crippen LogP contribution in [0.2, 0.25) is 0 Å². The fourth-order valence-corrected chi connectivity index (χ4v) is 4.03. The van der Waals surface area contributed by atoms with Crippen molar-refractivity contribution in [3.8, 4) is 22.3 Å². The molecular formula is C20H15IO3. The lowest BCUT2D eigenvalue weighted by molar-refractivity contribution is -0.136. The van der Waals surface area contributed by atoms with E-state index in [2.05, 4.69) is 0 Å². The molecule has 120 valence electrons. The molecule has 0 aliphatic carbocycles. The van der Waals surface area contributed by atoms with Gasteiger partial charge < -0.3 is 5.11 Å². The van der Waals surface area contributed by atoms with E-state index in [4.69, 9.17) is 0 Å². The van der Waals surface area contributed by atoms with E-state index in [1.165, 1.54) is 0 Å². The Morgan fingerprint density at radius 3 is 1.96 bits per heavy atom. The highest BCUT2D eigenvalue weighted by Gasteiger charge is 2.16. The van der Waals surface area contributed by atoms with Crippen LogP contribution in [0, 0.1) is 3.57 Å². The highest BCUT2D eigenvalue weighted by Crippen LogP contribution is 2.35. The third kappa shape index (κ3) is 3.59. The third-order valence-corrected chi connectivity index (χ3v) is 5.47. The molecule has 0 aromatic heterocycles. The maximum atomic E-state index is 11.9. The van der Waals surface area contributed by atoms with Gasteiger partial charge in [0.2, 0.25) is 0 Å². The van der Waals surface area contributed by atoms with E-state index in [1.807, 2.05) is 72.8 Å². The predicted molar refractivity (Wildman–Crippen MR) is 102 cm³/mol. The van der Waals surface area contributed by atoms with Crippen molar-refractivity contribution in [2.24, 2.45) is 0 Å². The maximum Gasteiger partial charge on any atom is 0.307 e. The quantitative estimate of drug-likeness (QED) is 0.571. The van der Waals surface area contributed by atoms with Crippen molar-refractivity contribution in [1.82, 2.24) is 0 Å². The lowest BCUT2D eigenvalue weighted by Gasteiger charge is -2.13. The minimum absolute atomic E-state index is 0.127. The van der Waals surface area contributed by atoms with Crippen molar-refractivity contribution in [3.63, 3.8) is 0 Å². The molecule has 0 unspecified atom stereocenters. The summed E-state index contributed by atoms with van der Waals surface area (Å²) in [5, 5.41) is 9.22. The van der Waals surface area contributed by atoms with Crippen LogP contribution in [-0.2, 0) is 14.3 Å². The highest BCUT2D eigenvalue weighted by molar-refractivity contribution is 14.1. The van der Waals surface area contributed by atoms with Crippen LogP contribution in [0.3, 0.4) is 0 Å². The molecule has 0 aliphatic heterocycles. The number of hydrogen-bond acceptors (Lipinski definition) is 2. The molecule has 3 nitrogen and oxygen atoms in total. The minimum atomic E-state index is -1.49. The van der Waals surface area contributed by atoms with Crippen molar-refractivity contribution in [1.29, 1.82) is 0 Å². The molecule has 4 heteroatoms. The summed E-state index contributed by atoms with van der Waals surface area (Å²) in [5.74, 6) is -0.919. The second-order valence-corrected chi connectivity index (χ2v) is 6.90. The molecule has 0 saturated carbocycles. The summed E-state index contributed by atoms with van der Waals surface area (Å²) in [6, 6.07) is 23.3. The first-order chi connectivity index (χ1) is 11.7. The second kappa shape index (κ2) is 7.49. The number of hydrogen-bond donors (Lipinski definition) is 1. The molecule has 3 aromatic carbocycles. The van der Waals surface area contributed by atoms with Gasteiger partial charge in [-0.2, -0.15) is 0 Å². The fourth-order valence-electron chi connectivity index (χ4n) is 2.69. The van der Waals surface area contributed by atoms with E-state index in [9.17, 15) is 13.0 Å². The Hall–Kier alpha value is -2.34. The Morgan fingerprint density at radius 2 is 1.42 bits per heavy atom. The van der Waals surface area contributed by atoms with Crippen LogP contribution >= 0.6 is 21.2 Å². The van der Waals surface area contributed by atoms with Gasteiger partial charge >= 0.3 is 5.97 Å². The van der Waals surface area contributed by atoms with E-state index < -0.39 is 27.2 Å². The number of carboxylic acids is 1. The van der Waals surface area contributed by atoms with Crippen LogP contribution in [0.1, 0.15) is 5.56 Å². The van der Waals surface area contributed by atoms with Crippen LogP contribution in [0.15, 0.2) is 72.8 Å². The van der Waals surface area contributed by atoms with Crippen molar-refractivity contribution >= 4 is 27.2 Å². The Balaban J connectivity index is 2.26. The summed E-state index contributed by atoms with van der Waals surface area (Å²) >= 11 is -1.49. The number of carboxylic acid groups (broad SMARTS) is 1. The van der Waals surface area contributed by atoms with E-state index in [0.717, 1.165) is 22.3 Å². The monoisotopic (exact) mass is 430 g/mol. The van der Waals surface area contributed by atoms with E-state index in [0.29, 0.717) is 9.13 Å². The zero-order chi connectivity index (χ0) is 16.9. The van der Waals surface area contributed by atoms with Crippen LogP contribution in [0.4, 0.5) is 0 Å². The van der Waals surface area contributed by atoms with Crippen LogP contribution < -0.4 is 0 Å². The average Bonchev–Trinajstić information content (AvgIpc) is 2.62. The SMILES string of the molecule is O=Ic1c(CC(=O)O)cc(-c2ccccc2)cc1-c1ccccc1. The first kappa shape index (κ1) is 16.5. The number of halogens is 1. The van der Waals surface area contributed by atoms with Crippen LogP contribution in [-0.4, -0.2) is 11.1 Å². The number of carbonyl (C=O) groups is 1. The maximum absolute atomic E-state index is 11.9. The molecule has 3 aromatic rings. The molecule has 0 fully saturated rings. The molecule has 24 heavy (non-hydrogen) atoms. The summed E-state index contributed by atoms with van der Waals surface area (Å²) in [6.45, 7) is 0. The molecule has 0 heterocycles. The summed E-state index contributed by atoms with van der Waals surface area (Å²) in [6.07, 6.45) is -0.127. The van der Waals surface area contributed by atoms with Gasteiger partial charge in [0.1, 0.15) is 0 Å². The summed E-state index contributed by atoms with van der Waals surface area (Å²) in [7, 11) is 0. The lowest BCUT2D eigenvalue weighted by Crippen LogP contribution is -2.04. The number of benzene rings is 3. The van der Waals surface area contributed by atoms with Crippen LogP contribution in [0.25, 0.3) is 22.3 Å². The topological polar surface area (TPSA) is 54.4 Å². The molecule has 3 rings (SSSR count). The van der Waals surface area contributed by atoms with Gasteiger partial charge in [-0.15, -0.1) is 0 Å². The largest absolute Gasteiger partial charge is 0.481 e. The molecule has 0 radical (unpaired) electrons. The van der Waals surface area contributed by atoms with Gasteiger partial charge in [0.25, 0.3) is 0 Å². The van der Waals surface area contributed by atoms with Gasteiger partial charge in [0, 0.05) is 0 Å². The molecule has 0 saturated heterocycles. The van der Waals surface area contributed by atoms with E-state index in [-0.39, 0.29) is 6.42 Å². The summed E-state index contributed by atoms with van der Waals surface area (Å²) in [5.41, 5.74) is 4.39. The van der Waals surface area contributed by atoms with Gasteiger partial charge in [-0.3, -0.25) is 7.86 Å². The lowest BCUT2D eigenvalue weighted by atomic mass is 9.95. The number of rotatable bonds is 5. The first-order valence-electron chi connectivity index (χ1n) is 7.45. The van der Waals surface area contributed by atoms with Crippen LogP contribution in [0.5, 0.6) is 0 Å². The fraction of sp³-hybridized carbons (Fsp3) is 0.0500. The normalized spacial score (nSPS) is 10.5. The number of aliphatic carboxylic acids is 1. The first-order valence-corrected chi connectivity index (χ1v) is 9.41. The molecule has 0 atom stereocenters. The predicted octanol–water partition coefficient (Wildman–Crippen LogP) is 5.13. The molecule has 0 amide bonds. The van der Waals surface area contributed by atoms with Gasteiger partial charge in [0.05, 0.1) is 9.99 Å².